The number of nitriles is 2. The van der Waals surface area contributed by atoms with Crippen LogP contribution in [0.4, 0.5) is 0 Å². The lowest BCUT2D eigenvalue weighted by Gasteiger charge is -2.39. The van der Waals surface area contributed by atoms with Gasteiger partial charge in [0.15, 0.2) is 11.4 Å². The summed E-state index contributed by atoms with van der Waals surface area (Å²) in [7, 11) is 0. The normalized spacial score (nSPS) is 29.2. The van der Waals surface area contributed by atoms with E-state index in [1.54, 1.807) is 0 Å². The molecule has 6 nitrogen and oxygen atoms in total. The molecule has 2 aliphatic carbocycles. The van der Waals surface area contributed by atoms with Gasteiger partial charge in [0.25, 0.3) is 0 Å². The van der Waals surface area contributed by atoms with E-state index in [-0.39, 0.29) is 28.6 Å². The van der Waals surface area contributed by atoms with E-state index in [0.29, 0.717) is 5.69 Å². The molecule has 4 rings (SSSR count). The first-order valence-corrected chi connectivity index (χ1v) is 8.49. The SMILES string of the molecule is CC1(C)C2CCC1(C(=O)N1CCCC1)c1nc(C#N)c(C#N)nc12. The maximum Gasteiger partial charge on any atom is 0.235 e. The molecule has 0 radical (unpaired) electrons. The zero-order chi connectivity index (χ0) is 17.1. The van der Waals surface area contributed by atoms with Gasteiger partial charge < -0.3 is 4.90 Å². The molecule has 3 aliphatic rings. The number of fused-ring (bicyclic) bond motifs is 5. The van der Waals surface area contributed by atoms with Crippen molar-refractivity contribution >= 4 is 5.91 Å². The predicted octanol–water partition coefficient (Wildman–Crippen LogP) is 2.00. The van der Waals surface area contributed by atoms with Gasteiger partial charge in [-0.25, -0.2) is 9.97 Å². The van der Waals surface area contributed by atoms with Gasteiger partial charge >= 0.3 is 0 Å². The van der Waals surface area contributed by atoms with Crippen molar-refractivity contribution in [1.29, 1.82) is 10.5 Å². The molecule has 1 saturated heterocycles. The van der Waals surface area contributed by atoms with Gasteiger partial charge in [-0.15, -0.1) is 0 Å². The van der Waals surface area contributed by atoms with Gasteiger partial charge in [0.2, 0.25) is 5.91 Å². The topological polar surface area (TPSA) is 93.7 Å². The van der Waals surface area contributed by atoms with Gasteiger partial charge in [0.05, 0.1) is 16.8 Å². The molecular formula is C18H19N5O. The van der Waals surface area contributed by atoms with Crippen LogP contribution in [0, 0.1) is 28.1 Å². The van der Waals surface area contributed by atoms with Crippen LogP contribution in [0.5, 0.6) is 0 Å². The molecule has 1 aliphatic heterocycles. The van der Waals surface area contributed by atoms with Crippen LogP contribution in [0.15, 0.2) is 0 Å². The van der Waals surface area contributed by atoms with Crippen molar-refractivity contribution in [3.8, 4) is 12.1 Å². The molecule has 2 unspecified atom stereocenters. The highest BCUT2D eigenvalue weighted by Crippen LogP contribution is 2.67. The highest BCUT2D eigenvalue weighted by Gasteiger charge is 2.68. The fraction of sp³-hybridized carbons (Fsp3) is 0.611. The second-order valence-electron chi connectivity index (χ2n) is 7.60. The number of carbonyl (C=O) groups is 1. The lowest BCUT2D eigenvalue weighted by Crippen LogP contribution is -2.50. The quantitative estimate of drug-likeness (QED) is 0.788. The molecule has 6 heteroatoms. The van der Waals surface area contributed by atoms with Crippen LogP contribution in [0.2, 0.25) is 0 Å². The summed E-state index contributed by atoms with van der Waals surface area (Å²) in [5, 5.41) is 18.6. The molecule has 122 valence electrons. The summed E-state index contributed by atoms with van der Waals surface area (Å²) < 4.78 is 0. The zero-order valence-corrected chi connectivity index (χ0v) is 14.0. The van der Waals surface area contributed by atoms with Crippen LogP contribution in [0.1, 0.15) is 68.2 Å². The fourth-order valence-electron chi connectivity index (χ4n) is 5.08. The van der Waals surface area contributed by atoms with Gasteiger partial charge in [0.1, 0.15) is 12.1 Å². The van der Waals surface area contributed by atoms with Gasteiger partial charge in [-0.2, -0.15) is 10.5 Å². The second-order valence-corrected chi connectivity index (χ2v) is 7.60. The van der Waals surface area contributed by atoms with E-state index < -0.39 is 5.41 Å². The summed E-state index contributed by atoms with van der Waals surface area (Å²) in [4.78, 5) is 24.4. The summed E-state index contributed by atoms with van der Waals surface area (Å²) in [6.07, 6.45) is 3.71. The second kappa shape index (κ2) is 4.77. The van der Waals surface area contributed by atoms with Crippen molar-refractivity contribution in [1.82, 2.24) is 14.9 Å². The van der Waals surface area contributed by atoms with Gasteiger partial charge in [-0.3, -0.25) is 4.79 Å². The van der Waals surface area contributed by atoms with E-state index in [4.69, 9.17) is 0 Å². The summed E-state index contributed by atoms with van der Waals surface area (Å²) >= 11 is 0. The van der Waals surface area contributed by atoms with Gasteiger partial charge in [-0.1, -0.05) is 13.8 Å². The van der Waals surface area contributed by atoms with Crippen molar-refractivity contribution in [2.75, 3.05) is 13.1 Å². The Morgan fingerprint density at radius 1 is 1.17 bits per heavy atom. The first-order valence-electron chi connectivity index (χ1n) is 8.49. The largest absolute Gasteiger partial charge is 0.342 e. The number of carbonyl (C=O) groups excluding carboxylic acids is 1. The highest BCUT2D eigenvalue weighted by atomic mass is 16.2. The van der Waals surface area contributed by atoms with Crippen LogP contribution >= 0.6 is 0 Å². The number of likely N-dealkylation sites (tertiary alicyclic amines) is 1. The van der Waals surface area contributed by atoms with Crippen LogP contribution in [0.25, 0.3) is 0 Å². The number of amides is 1. The Kier molecular flexibility index (Phi) is 3.00. The van der Waals surface area contributed by atoms with Crippen molar-refractivity contribution < 1.29 is 4.79 Å². The zero-order valence-electron chi connectivity index (χ0n) is 14.0. The van der Waals surface area contributed by atoms with Crippen molar-refractivity contribution in [3.05, 3.63) is 22.8 Å². The molecule has 1 saturated carbocycles. The summed E-state index contributed by atoms with van der Waals surface area (Å²) in [6.45, 7) is 5.82. The summed E-state index contributed by atoms with van der Waals surface area (Å²) in [5.41, 5.74) is 0.516. The van der Waals surface area contributed by atoms with E-state index in [1.807, 2.05) is 17.0 Å². The third-order valence-corrected chi connectivity index (χ3v) is 6.41. The van der Waals surface area contributed by atoms with E-state index in [1.165, 1.54) is 0 Å². The van der Waals surface area contributed by atoms with Crippen LogP contribution in [0.3, 0.4) is 0 Å². The third kappa shape index (κ3) is 1.56. The maximum absolute atomic E-state index is 13.5. The molecular weight excluding hydrogens is 302 g/mol. The van der Waals surface area contributed by atoms with E-state index >= 15 is 0 Å². The minimum atomic E-state index is -0.704. The van der Waals surface area contributed by atoms with Gasteiger partial charge in [-0.05, 0) is 31.1 Å². The molecule has 0 aromatic carbocycles. The first-order chi connectivity index (χ1) is 11.5. The maximum atomic E-state index is 13.5. The highest BCUT2D eigenvalue weighted by molar-refractivity contribution is 5.91. The molecule has 1 aromatic heterocycles. The lowest BCUT2D eigenvalue weighted by molar-refractivity contribution is -0.139. The molecule has 0 spiro atoms. The number of nitrogens with zero attached hydrogens (tertiary/aromatic N) is 5. The molecule has 2 atom stereocenters. The minimum Gasteiger partial charge on any atom is -0.342 e. The molecule has 2 bridgehead atoms. The number of hydrogen-bond acceptors (Lipinski definition) is 5. The Hall–Kier alpha value is -2.47. The number of rotatable bonds is 1. The Balaban J connectivity index is 1.94. The molecule has 2 heterocycles. The Labute approximate surface area is 141 Å². The summed E-state index contributed by atoms with van der Waals surface area (Å²) in [6, 6.07) is 3.94. The molecule has 2 fully saturated rings. The van der Waals surface area contributed by atoms with Gasteiger partial charge in [0, 0.05) is 19.0 Å². The minimum absolute atomic E-state index is 0.0354. The lowest BCUT2D eigenvalue weighted by atomic mass is 9.67. The Morgan fingerprint density at radius 3 is 2.42 bits per heavy atom. The first kappa shape index (κ1) is 15.1. The van der Waals surface area contributed by atoms with Crippen molar-refractivity contribution in [2.45, 2.75) is 50.9 Å². The van der Waals surface area contributed by atoms with E-state index in [0.717, 1.165) is 44.5 Å². The average Bonchev–Trinajstić information content (AvgIpc) is 3.24. The van der Waals surface area contributed by atoms with Crippen molar-refractivity contribution in [3.63, 3.8) is 0 Å². The standard InChI is InChI=1S/C18H19N5O/c1-17(2)11-5-6-18(17,16(24)23-7-3-4-8-23)15-14(11)21-12(9-19)13(10-20)22-15/h11H,3-8H2,1-2H3. The smallest absolute Gasteiger partial charge is 0.235 e. The summed E-state index contributed by atoms with van der Waals surface area (Å²) in [5.74, 6) is 0.251. The monoisotopic (exact) mass is 321 g/mol. The fourth-order valence-corrected chi connectivity index (χ4v) is 5.08. The predicted molar refractivity (Wildman–Crippen MR) is 84.7 cm³/mol. The van der Waals surface area contributed by atoms with E-state index in [9.17, 15) is 15.3 Å². The van der Waals surface area contributed by atoms with Crippen LogP contribution in [-0.2, 0) is 10.2 Å². The molecule has 1 amide bonds. The number of hydrogen-bond donors (Lipinski definition) is 0. The molecule has 24 heavy (non-hydrogen) atoms. The van der Waals surface area contributed by atoms with E-state index in [2.05, 4.69) is 23.8 Å². The van der Waals surface area contributed by atoms with Crippen LogP contribution < -0.4 is 0 Å². The van der Waals surface area contributed by atoms with Crippen LogP contribution in [-0.4, -0.2) is 33.9 Å². The average molecular weight is 321 g/mol. The Bertz CT molecular complexity index is 825. The van der Waals surface area contributed by atoms with Crippen molar-refractivity contribution in [2.24, 2.45) is 5.41 Å². The number of aromatic nitrogens is 2. The molecule has 0 N–H and O–H groups in total. The third-order valence-electron chi connectivity index (χ3n) is 6.41. The molecule has 1 aromatic rings. The Morgan fingerprint density at radius 2 is 1.79 bits per heavy atom.